The van der Waals surface area contributed by atoms with Crippen LogP contribution >= 0.6 is 11.6 Å². The number of aliphatic imine (C=N–C) groups is 2. The Hall–Kier alpha value is -3.58. The van der Waals surface area contributed by atoms with Crippen LogP contribution in [0, 0.1) is 0 Å². The van der Waals surface area contributed by atoms with Crippen LogP contribution in [0.25, 0.3) is 6.08 Å². The van der Waals surface area contributed by atoms with Gasteiger partial charge in [0.05, 0.1) is 34.3 Å². The molecule has 0 bridgehead atoms. The minimum atomic E-state index is -4.91. The maximum atomic E-state index is 14.1. The van der Waals surface area contributed by atoms with Crippen molar-refractivity contribution in [2.75, 3.05) is 44.0 Å². The molecule has 3 heterocycles. The highest BCUT2D eigenvalue weighted by Crippen LogP contribution is 2.37. The molecule has 1 N–H and O–H groups in total. The number of allylic oxidation sites excluding steroid dienone is 4. The molecule has 0 spiro atoms. The second-order valence-corrected chi connectivity index (χ2v) is 12.4. The van der Waals surface area contributed by atoms with Crippen molar-refractivity contribution in [1.29, 1.82) is 0 Å². The first-order valence-electron chi connectivity index (χ1n) is 13.6. The zero-order valence-electron chi connectivity index (χ0n) is 23.0. The molecule has 0 unspecified atom stereocenters. The molecule has 3 aliphatic rings. The third-order valence-corrected chi connectivity index (χ3v) is 8.98. The van der Waals surface area contributed by atoms with Gasteiger partial charge in [-0.3, -0.25) is 29.3 Å². The molecule has 0 saturated carbocycles. The summed E-state index contributed by atoms with van der Waals surface area (Å²) in [5.74, 6) is -0.482. The third-order valence-electron chi connectivity index (χ3n) is 7.31. The second-order valence-electron chi connectivity index (χ2n) is 10.3. The number of ketones is 1. The van der Waals surface area contributed by atoms with Gasteiger partial charge in [0.2, 0.25) is 0 Å². The molecule has 1 saturated heterocycles. The lowest BCUT2D eigenvalue weighted by Crippen LogP contribution is -2.49. The number of hydrogen-bond acceptors (Lipinski definition) is 7. The number of sulfonamides is 1. The second kappa shape index (κ2) is 13.0. The molecule has 0 aromatic heterocycles. The standard InChI is InChI=1S/C30H29ClF3N5O3S/c31-23-6-2-7-24(36-17-23)19-38-12-14-39(15-13-38)20-28(40)22-9-10-27(26(16-22)30(32,33)34)37-43(41,42)29-8-1-4-21-5-3-11-35-18-25(21)29/h1-6,8-11,16-17,37H,7,12-15,18-20H2. The van der Waals surface area contributed by atoms with E-state index in [9.17, 15) is 26.4 Å². The van der Waals surface area contributed by atoms with Gasteiger partial charge in [-0.1, -0.05) is 35.9 Å². The molecule has 2 aromatic carbocycles. The van der Waals surface area contributed by atoms with E-state index in [1.54, 1.807) is 30.5 Å². The minimum Gasteiger partial charge on any atom is -0.295 e. The van der Waals surface area contributed by atoms with E-state index in [2.05, 4.69) is 19.6 Å². The van der Waals surface area contributed by atoms with Gasteiger partial charge in [0.1, 0.15) is 0 Å². The average molecular weight is 632 g/mol. The van der Waals surface area contributed by atoms with Crippen LogP contribution in [0.2, 0.25) is 0 Å². The predicted molar refractivity (Wildman–Crippen MR) is 162 cm³/mol. The van der Waals surface area contributed by atoms with Crippen LogP contribution in [0.5, 0.6) is 0 Å². The summed E-state index contributed by atoms with van der Waals surface area (Å²) >= 11 is 5.99. The van der Waals surface area contributed by atoms with E-state index in [-0.39, 0.29) is 23.5 Å². The zero-order chi connectivity index (χ0) is 30.6. The van der Waals surface area contributed by atoms with E-state index >= 15 is 0 Å². The van der Waals surface area contributed by atoms with Gasteiger partial charge >= 0.3 is 6.18 Å². The van der Waals surface area contributed by atoms with Crippen LogP contribution < -0.4 is 4.72 Å². The molecule has 0 aliphatic carbocycles. The van der Waals surface area contributed by atoms with Gasteiger partial charge in [-0.15, -0.1) is 0 Å². The Morgan fingerprint density at radius 2 is 1.81 bits per heavy atom. The van der Waals surface area contributed by atoms with Crippen LogP contribution in [0.3, 0.4) is 0 Å². The monoisotopic (exact) mass is 631 g/mol. The summed E-state index contributed by atoms with van der Waals surface area (Å²) in [6.45, 7) is 3.15. The third kappa shape index (κ3) is 7.69. The number of anilines is 1. The number of piperazine rings is 1. The highest BCUT2D eigenvalue weighted by molar-refractivity contribution is 7.92. The summed E-state index contributed by atoms with van der Waals surface area (Å²) in [5, 5.41) is 0.565. The summed E-state index contributed by atoms with van der Waals surface area (Å²) < 4.78 is 71.0. The first-order chi connectivity index (χ1) is 20.5. The summed E-state index contributed by atoms with van der Waals surface area (Å²) in [7, 11) is -4.41. The van der Waals surface area contributed by atoms with Crippen LogP contribution in [0.15, 0.2) is 80.7 Å². The Morgan fingerprint density at radius 1 is 1.05 bits per heavy atom. The molecule has 2 aromatic rings. The number of fused-ring (bicyclic) bond motifs is 1. The molecule has 13 heteroatoms. The SMILES string of the molecule is O=C(CN1CCN(CC2=NC=C(Cl)C=CC2)CC1)c1ccc(NS(=O)(=O)c2cccc3c2CN=CC=C3)c(C(F)(F)F)c1. The Balaban J connectivity index is 1.27. The quantitative estimate of drug-likeness (QED) is 0.395. The molecule has 1 fully saturated rings. The highest BCUT2D eigenvalue weighted by atomic mass is 35.5. The van der Waals surface area contributed by atoms with Gasteiger partial charge in [-0.2, -0.15) is 13.2 Å². The molecule has 43 heavy (non-hydrogen) atoms. The molecule has 8 nitrogen and oxygen atoms in total. The number of carbonyl (C=O) groups is 1. The van der Waals surface area contributed by atoms with Gasteiger partial charge in [-0.05, 0) is 42.0 Å². The van der Waals surface area contributed by atoms with Crippen molar-refractivity contribution >= 4 is 51.1 Å². The van der Waals surface area contributed by atoms with E-state index in [1.807, 2.05) is 11.0 Å². The van der Waals surface area contributed by atoms with Gasteiger partial charge < -0.3 is 0 Å². The maximum Gasteiger partial charge on any atom is 0.418 e. The summed E-state index contributed by atoms with van der Waals surface area (Å²) in [6.07, 6.45) is 6.03. The number of nitrogens with one attached hydrogen (secondary N) is 1. The first kappa shape index (κ1) is 30.9. The summed E-state index contributed by atoms with van der Waals surface area (Å²) in [5.41, 5.74) is -0.0837. The molecule has 5 rings (SSSR count). The number of benzene rings is 2. The van der Waals surface area contributed by atoms with Crippen LogP contribution in [-0.4, -0.2) is 75.2 Å². The molecule has 0 radical (unpaired) electrons. The van der Waals surface area contributed by atoms with Gasteiger partial charge in [-0.25, -0.2) is 8.42 Å². The number of nitrogens with zero attached hydrogens (tertiary/aromatic N) is 4. The van der Waals surface area contributed by atoms with Crippen molar-refractivity contribution in [2.24, 2.45) is 9.98 Å². The summed E-state index contributed by atoms with van der Waals surface area (Å²) in [6, 6.07) is 7.48. The number of carbonyl (C=O) groups excluding carboxylic acids is 1. The number of alkyl halides is 3. The van der Waals surface area contributed by atoms with Crippen LogP contribution in [0.1, 0.15) is 33.5 Å². The molecular weight excluding hydrogens is 603 g/mol. The van der Waals surface area contributed by atoms with Crippen molar-refractivity contribution < 1.29 is 26.4 Å². The first-order valence-corrected chi connectivity index (χ1v) is 15.4. The van der Waals surface area contributed by atoms with E-state index in [4.69, 9.17) is 11.6 Å². The predicted octanol–water partition coefficient (Wildman–Crippen LogP) is 5.39. The fraction of sp³-hybridized carbons (Fsp3) is 0.300. The number of Topliss-reactive ketones (excluding diaryl/α,β-unsaturated/α-hetero) is 1. The minimum absolute atomic E-state index is 0.0531. The number of hydrogen-bond donors (Lipinski definition) is 1. The van der Waals surface area contributed by atoms with Crippen molar-refractivity contribution in [1.82, 2.24) is 9.80 Å². The lowest BCUT2D eigenvalue weighted by molar-refractivity contribution is -0.136. The Bertz CT molecular complexity index is 1660. The molecule has 0 amide bonds. The molecule has 226 valence electrons. The average Bonchev–Trinajstić information content (AvgIpc) is 3.33. The van der Waals surface area contributed by atoms with Gasteiger partial charge in [0, 0.05) is 68.4 Å². The molecule has 0 atom stereocenters. The van der Waals surface area contributed by atoms with E-state index < -0.39 is 33.2 Å². The number of rotatable bonds is 8. The Kier molecular flexibility index (Phi) is 9.30. The van der Waals surface area contributed by atoms with Crippen molar-refractivity contribution in [2.45, 2.75) is 24.0 Å². The fourth-order valence-corrected chi connectivity index (χ4v) is 6.55. The highest BCUT2D eigenvalue weighted by Gasteiger charge is 2.36. The lowest BCUT2D eigenvalue weighted by Gasteiger charge is -2.34. The fourth-order valence-electron chi connectivity index (χ4n) is 5.07. The Labute approximate surface area is 253 Å². The zero-order valence-corrected chi connectivity index (χ0v) is 24.6. The smallest absolute Gasteiger partial charge is 0.295 e. The van der Waals surface area contributed by atoms with Gasteiger partial charge in [0.25, 0.3) is 10.0 Å². The van der Waals surface area contributed by atoms with Crippen molar-refractivity contribution in [3.63, 3.8) is 0 Å². The largest absolute Gasteiger partial charge is 0.418 e. The summed E-state index contributed by atoms with van der Waals surface area (Å²) in [4.78, 5) is 25.5. The number of halogens is 4. The molecule has 3 aliphatic heterocycles. The maximum absolute atomic E-state index is 14.1. The van der Waals surface area contributed by atoms with Crippen molar-refractivity contribution in [3.05, 3.63) is 88.1 Å². The van der Waals surface area contributed by atoms with E-state index in [1.165, 1.54) is 24.4 Å². The van der Waals surface area contributed by atoms with E-state index in [0.717, 1.165) is 11.8 Å². The van der Waals surface area contributed by atoms with E-state index in [0.29, 0.717) is 61.4 Å². The van der Waals surface area contributed by atoms with Crippen LogP contribution in [0.4, 0.5) is 18.9 Å². The molecular formula is C30H29ClF3N5O3S. The Morgan fingerprint density at radius 3 is 2.58 bits per heavy atom. The van der Waals surface area contributed by atoms with Crippen LogP contribution in [-0.2, 0) is 22.7 Å². The normalized spacial score (nSPS) is 18.0. The van der Waals surface area contributed by atoms with Crippen molar-refractivity contribution in [3.8, 4) is 0 Å². The van der Waals surface area contributed by atoms with Gasteiger partial charge in [0.15, 0.2) is 5.78 Å². The topological polar surface area (TPSA) is 94.4 Å². The lowest BCUT2D eigenvalue weighted by atomic mass is 10.0.